The molecule has 0 aliphatic heterocycles. The van der Waals surface area contributed by atoms with Gasteiger partial charge in [0.25, 0.3) is 0 Å². The number of nitrogen functional groups attached to an aromatic ring is 1. The molecule has 17 heavy (non-hydrogen) atoms. The van der Waals surface area contributed by atoms with Gasteiger partial charge in [0, 0.05) is 4.88 Å². The molecule has 0 aliphatic rings. The first-order chi connectivity index (χ1) is 8.35. The van der Waals surface area contributed by atoms with Gasteiger partial charge < -0.3 is 15.5 Å². The first-order valence-electron chi connectivity index (χ1n) is 4.97. The number of hydrogen-bond donors (Lipinski definition) is 3. The van der Waals surface area contributed by atoms with Gasteiger partial charge in [0.2, 0.25) is 5.75 Å². The molecule has 0 bridgehead atoms. The highest BCUT2D eigenvalue weighted by atomic mass is 32.1. The third-order valence-corrected chi connectivity index (χ3v) is 3.03. The van der Waals surface area contributed by atoms with Crippen molar-refractivity contribution >= 4 is 23.0 Å². The Bertz CT molecular complexity index is 474. The number of hydrogen-bond acceptors (Lipinski definition) is 7. The van der Waals surface area contributed by atoms with E-state index in [0.29, 0.717) is 23.9 Å². The van der Waals surface area contributed by atoms with E-state index in [1.165, 1.54) is 11.2 Å². The number of ether oxygens (including phenoxy) is 1. The van der Waals surface area contributed by atoms with E-state index in [1.54, 1.807) is 18.4 Å². The van der Waals surface area contributed by atoms with Crippen molar-refractivity contribution in [1.29, 1.82) is 0 Å². The van der Waals surface area contributed by atoms with Gasteiger partial charge in [-0.05, 0) is 11.4 Å². The lowest BCUT2D eigenvalue weighted by Gasteiger charge is -2.11. The van der Waals surface area contributed by atoms with Crippen LogP contribution in [0.15, 0.2) is 23.8 Å². The minimum absolute atomic E-state index is 0.455. The van der Waals surface area contributed by atoms with Crippen molar-refractivity contribution in [2.24, 2.45) is 5.84 Å². The lowest BCUT2D eigenvalue weighted by Crippen LogP contribution is -2.12. The molecule has 0 saturated carbocycles. The molecule has 0 fully saturated rings. The zero-order valence-electron chi connectivity index (χ0n) is 9.30. The van der Waals surface area contributed by atoms with Crippen LogP contribution in [0.25, 0.3) is 0 Å². The van der Waals surface area contributed by atoms with Gasteiger partial charge in [0.15, 0.2) is 11.6 Å². The predicted molar refractivity (Wildman–Crippen MR) is 68.0 cm³/mol. The Hall–Kier alpha value is -1.86. The second kappa shape index (κ2) is 5.46. The van der Waals surface area contributed by atoms with Crippen LogP contribution in [0.4, 0.5) is 11.6 Å². The number of rotatable bonds is 5. The Morgan fingerprint density at radius 2 is 2.24 bits per heavy atom. The standard InChI is InChI=1S/C10H13N5OS/c1-16-8-9(13-6-14-10(8)15-11)12-5-7-3-2-4-17-7/h2-4,6H,5,11H2,1H3,(H2,12,13,14,15). The van der Waals surface area contributed by atoms with Crippen LogP contribution in [0.3, 0.4) is 0 Å². The molecule has 4 N–H and O–H groups in total. The number of thiophene rings is 1. The molecule has 0 unspecified atom stereocenters. The molecule has 0 atom stereocenters. The predicted octanol–water partition coefficient (Wildman–Crippen LogP) is 1.44. The summed E-state index contributed by atoms with van der Waals surface area (Å²) in [5, 5.41) is 5.21. The minimum Gasteiger partial charge on any atom is -0.490 e. The Kier molecular flexibility index (Phi) is 3.73. The molecular weight excluding hydrogens is 238 g/mol. The maximum absolute atomic E-state index is 5.34. The Morgan fingerprint density at radius 3 is 2.88 bits per heavy atom. The molecule has 0 amide bonds. The van der Waals surface area contributed by atoms with Gasteiger partial charge in [-0.25, -0.2) is 15.8 Å². The zero-order valence-corrected chi connectivity index (χ0v) is 10.1. The second-order valence-corrected chi connectivity index (χ2v) is 4.21. The summed E-state index contributed by atoms with van der Waals surface area (Å²) in [4.78, 5) is 9.30. The fraction of sp³-hybridized carbons (Fsp3) is 0.200. The Balaban J connectivity index is 2.14. The molecule has 0 aliphatic carbocycles. The molecule has 0 spiro atoms. The van der Waals surface area contributed by atoms with Crippen molar-refractivity contribution in [2.45, 2.75) is 6.54 Å². The van der Waals surface area contributed by atoms with Gasteiger partial charge in [0.05, 0.1) is 13.7 Å². The van der Waals surface area contributed by atoms with E-state index >= 15 is 0 Å². The molecular formula is C10H13N5OS. The molecule has 0 radical (unpaired) electrons. The fourth-order valence-electron chi connectivity index (χ4n) is 1.38. The minimum atomic E-state index is 0.455. The van der Waals surface area contributed by atoms with Gasteiger partial charge in [-0.2, -0.15) is 0 Å². The van der Waals surface area contributed by atoms with E-state index in [0.717, 1.165) is 0 Å². The van der Waals surface area contributed by atoms with Crippen molar-refractivity contribution in [1.82, 2.24) is 9.97 Å². The lowest BCUT2D eigenvalue weighted by molar-refractivity contribution is 0.414. The summed E-state index contributed by atoms with van der Waals surface area (Å²) in [5.41, 5.74) is 2.47. The average Bonchev–Trinajstić information content (AvgIpc) is 2.88. The van der Waals surface area contributed by atoms with Crippen LogP contribution >= 0.6 is 11.3 Å². The normalized spacial score (nSPS) is 10.0. The summed E-state index contributed by atoms with van der Waals surface area (Å²) in [6.07, 6.45) is 1.43. The number of nitrogens with two attached hydrogens (primary N) is 1. The highest BCUT2D eigenvalue weighted by Gasteiger charge is 2.10. The van der Waals surface area contributed by atoms with Crippen LogP contribution in [0.1, 0.15) is 4.88 Å². The summed E-state index contributed by atoms with van der Waals surface area (Å²) >= 11 is 1.68. The van der Waals surface area contributed by atoms with Crippen LogP contribution in [0, 0.1) is 0 Å². The Labute approximate surface area is 103 Å². The van der Waals surface area contributed by atoms with E-state index in [2.05, 4.69) is 20.7 Å². The fourth-order valence-corrected chi connectivity index (χ4v) is 2.02. The number of nitrogens with zero attached hydrogens (tertiary/aromatic N) is 2. The van der Waals surface area contributed by atoms with Crippen LogP contribution in [-0.4, -0.2) is 17.1 Å². The summed E-state index contributed by atoms with van der Waals surface area (Å²) in [6, 6.07) is 4.05. The Morgan fingerprint density at radius 1 is 1.41 bits per heavy atom. The molecule has 0 aromatic carbocycles. The van der Waals surface area contributed by atoms with Crippen molar-refractivity contribution < 1.29 is 4.74 Å². The number of hydrazine groups is 1. The maximum atomic E-state index is 5.34. The van der Waals surface area contributed by atoms with Crippen LogP contribution < -0.4 is 21.3 Å². The van der Waals surface area contributed by atoms with Crippen molar-refractivity contribution in [3.8, 4) is 5.75 Å². The molecule has 2 rings (SSSR count). The maximum Gasteiger partial charge on any atom is 0.205 e. The summed E-state index contributed by atoms with van der Waals surface area (Å²) in [5.74, 6) is 6.92. The van der Waals surface area contributed by atoms with Gasteiger partial charge in [-0.3, -0.25) is 0 Å². The highest BCUT2D eigenvalue weighted by molar-refractivity contribution is 7.09. The van der Waals surface area contributed by atoms with Crippen LogP contribution in [0.5, 0.6) is 5.75 Å². The van der Waals surface area contributed by atoms with E-state index in [4.69, 9.17) is 10.6 Å². The lowest BCUT2D eigenvalue weighted by atomic mass is 10.4. The molecule has 0 saturated heterocycles. The number of methoxy groups -OCH3 is 1. The first kappa shape index (κ1) is 11.6. The largest absolute Gasteiger partial charge is 0.490 e. The molecule has 7 heteroatoms. The van der Waals surface area contributed by atoms with E-state index < -0.39 is 0 Å². The van der Waals surface area contributed by atoms with E-state index in [-0.39, 0.29) is 0 Å². The summed E-state index contributed by atoms with van der Waals surface area (Å²) in [7, 11) is 1.55. The van der Waals surface area contributed by atoms with E-state index in [9.17, 15) is 0 Å². The average molecular weight is 251 g/mol. The molecule has 2 heterocycles. The van der Waals surface area contributed by atoms with Crippen molar-refractivity contribution in [3.05, 3.63) is 28.7 Å². The van der Waals surface area contributed by atoms with Crippen molar-refractivity contribution in [2.75, 3.05) is 17.9 Å². The van der Waals surface area contributed by atoms with Gasteiger partial charge >= 0.3 is 0 Å². The highest BCUT2D eigenvalue weighted by Crippen LogP contribution is 2.28. The summed E-state index contributed by atoms with van der Waals surface area (Å²) < 4.78 is 5.21. The second-order valence-electron chi connectivity index (χ2n) is 3.18. The quantitative estimate of drug-likeness (QED) is 0.551. The van der Waals surface area contributed by atoms with Gasteiger partial charge in [0.1, 0.15) is 6.33 Å². The molecule has 6 nitrogen and oxygen atoms in total. The number of nitrogens with one attached hydrogen (secondary N) is 2. The molecule has 2 aromatic rings. The molecule has 90 valence electrons. The zero-order chi connectivity index (χ0) is 12.1. The smallest absolute Gasteiger partial charge is 0.205 e. The summed E-state index contributed by atoms with van der Waals surface area (Å²) in [6.45, 7) is 0.690. The topological polar surface area (TPSA) is 85.1 Å². The third-order valence-electron chi connectivity index (χ3n) is 2.15. The first-order valence-corrected chi connectivity index (χ1v) is 5.85. The third kappa shape index (κ3) is 2.63. The van der Waals surface area contributed by atoms with Crippen molar-refractivity contribution in [3.63, 3.8) is 0 Å². The SMILES string of the molecule is COc1c(NN)ncnc1NCc1cccs1. The van der Waals surface area contributed by atoms with Crippen LogP contribution in [0.2, 0.25) is 0 Å². The number of aromatic nitrogens is 2. The van der Waals surface area contributed by atoms with Crippen LogP contribution in [-0.2, 0) is 6.54 Å². The molecule has 2 aromatic heterocycles. The monoisotopic (exact) mass is 251 g/mol. The van der Waals surface area contributed by atoms with E-state index in [1.807, 2.05) is 17.5 Å². The van der Waals surface area contributed by atoms with Gasteiger partial charge in [-0.15, -0.1) is 11.3 Å². The van der Waals surface area contributed by atoms with Gasteiger partial charge in [-0.1, -0.05) is 6.07 Å². The number of anilines is 2.